The number of benzene rings is 2. The van der Waals surface area contributed by atoms with E-state index in [1.54, 1.807) is 19.1 Å². The van der Waals surface area contributed by atoms with E-state index in [-0.39, 0.29) is 17.7 Å². The van der Waals surface area contributed by atoms with Gasteiger partial charge < -0.3 is 4.74 Å². The molecule has 0 saturated carbocycles. The third kappa shape index (κ3) is 5.31. The van der Waals surface area contributed by atoms with Crippen molar-refractivity contribution in [3.05, 3.63) is 65.5 Å². The first-order chi connectivity index (χ1) is 12.0. The Morgan fingerprint density at radius 3 is 2.24 bits per heavy atom. The predicted octanol–water partition coefficient (Wildman–Crippen LogP) is 2.47. The Kier molecular flexibility index (Phi) is 6.05. The summed E-state index contributed by atoms with van der Waals surface area (Å²) < 4.78 is 17.6. The molecule has 3 amide bonds. The standard InChI is InChI=1S/C17H16FN3O4/c1-2-25-17(24)19-14-5-3-4-12(10-14)16(23)21-20-15(22)11-6-8-13(18)9-7-11/h3-10H,2H2,1H3,(H,19,24)(H,20,22)(H,21,23). The molecule has 130 valence electrons. The first kappa shape index (κ1) is 17.9. The number of carbonyl (C=O) groups is 3. The fourth-order valence-corrected chi connectivity index (χ4v) is 1.88. The normalized spacial score (nSPS) is 9.84. The second-order valence-electron chi connectivity index (χ2n) is 4.84. The molecule has 2 aromatic rings. The van der Waals surface area contributed by atoms with Gasteiger partial charge in [0.05, 0.1) is 6.61 Å². The summed E-state index contributed by atoms with van der Waals surface area (Å²) in [5, 5.41) is 2.47. The highest BCUT2D eigenvalue weighted by Gasteiger charge is 2.10. The highest BCUT2D eigenvalue weighted by atomic mass is 19.1. The predicted molar refractivity (Wildman–Crippen MR) is 88.4 cm³/mol. The summed E-state index contributed by atoms with van der Waals surface area (Å²) in [4.78, 5) is 35.3. The van der Waals surface area contributed by atoms with Crippen LogP contribution in [0.1, 0.15) is 27.6 Å². The van der Waals surface area contributed by atoms with E-state index in [1.807, 2.05) is 0 Å². The van der Waals surface area contributed by atoms with Gasteiger partial charge in [-0.15, -0.1) is 0 Å². The number of halogens is 1. The molecule has 3 N–H and O–H groups in total. The van der Waals surface area contributed by atoms with Crippen molar-refractivity contribution < 1.29 is 23.5 Å². The van der Waals surface area contributed by atoms with E-state index in [9.17, 15) is 18.8 Å². The van der Waals surface area contributed by atoms with Crippen LogP contribution >= 0.6 is 0 Å². The Balaban J connectivity index is 1.95. The van der Waals surface area contributed by atoms with Gasteiger partial charge in [-0.3, -0.25) is 25.8 Å². The topological polar surface area (TPSA) is 96.5 Å². The summed E-state index contributed by atoms with van der Waals surface area (Å²) in [7, 11) is 0. The molecular formula is C17H16FN3O4. The Morgan fingerprint density at radius 2 is 1.60 bits per heavy atom. The molecular weight excluding hydrogens is 329 g/mol. The molecule has 0 aromatic heterocycles. The van der Waals surface area contributed by atoms with Gasteiger partial charge in [0.1, 0.15) is 5.82 Å². The highest BCUT2D eigenvalue weighted by molar-refractivity contribution is 5.99. The van der Waals surface area contributed by atoms with Gasteiger partial charge in [0, 0.05) is 16.8 Å². The molecule has 0 radical (unpaired) electrons. The fraction of sp³-hybridized carbons (Fsp3) is 0.118. The number of nitrogens with one attached hydrogen (secondary N) is 3. The highest BCUT2D eigenvalue weighted by Crippen LogP contribution is 2.11. The van der Waals surface area contributed by atoms with E-state index in [0.717, 1.165) is 12.1 Å². The van der Waals surface area contributed by atoms with Crippen molar-refractivity contribution in [2.75, 3.05) is 11.9 Å². The lowest BCUT2D eigenvalue weighted by Crippen LogP contribution is -2.41. The van der Waals surface area contributed by atoms with E-state index >= 15 is 0 Å². The van der Waals surface area contributed by atoms with Gasteiger partial charge in [-0.25, -0.2) is 9.18 Å². The summed E-state index contributed by atoms with van der Waals surface area (Å²) in [5.41, 5.74) is 5.25. The lowest BCUT2D eigenvalue weighted by atomic mass is 10.2. The van der Waals surface area contributed by atoms with Gasteiger partial charge in [0.15, 0.2) is 0 Å². The van der Waals surface area contributed by atoms with Crippen molar-refractivity contribution in [3.8, 4) is 0 Å². The average molecular weight is 345 g/mol. The second kappa shape index (κ2) is 8.44. The van der Waals surface area contributed by atoms with Crippen molar-refractivity contribution >= 4 is 23.6 Å². The first-order valence-electron chi connectivity index (χ1n) is 7.39. The maximum Gasteiger partial charge on any atom is 0.411 e. The van der Waals surface area contributed by atoms with Crippen LogP contribution in [0.2, 0.25) is 0 Å². The fourth-order valence-electron chi connectivity index (χ4n) is 1.88. The Morgan fingerprint density at radius 1 is 0.960 bits per heavy atom. The van der Waals surface area contributed by atoms with E-state index in [1.165, 1.54) is 24.3 Å². The third-order valence-electron chi connectivity index (χ3n) is 3.04. The molecule has 0 unspecified atom stereocenters. The Hall–Kier alpha value is -3.42. The van der Waals surface area contributed by atoms with Crippen molar-refractivity contribution in [2.24, 2.45) is 0 Å². The molecule has 0 aliphatic heterocycles. The number of rotatable bonds is 4. The molecule has 2 aromatic carbocycles. The maximum atomic E-state index is 12.8. The van der Waals surface area contributed by atoms with Gasteiger partial charge in [0.25, 0.3) is 11.8 Å². The van der Waals surface area contributed by atoms with Crippen LogP contribution in [0, 0.1) is 5.82 Å². The zero-order valence-corrected chi connectivity index (χ0v) is 13.3. The van der Waals surface area contributed by atoms with Crippen LogP contribution in [-0.2, 0) is 4.74 Å². The van der Waals surface area contributed by atoms with Gasteiger partial charge in [-0.1, -0.05) is 6.07 Å². The molecule has 0 spiro atoms. The number of hydrogen-bond acceptors (Lipinski definition) is 4. The first-order valence-corrected chi connectivity index (χ1v) is 7.39. The van der Waals surface area contributed by atoms with Gasteiger partial charge in [0.2, 0.25) is 0 Å². The quantitative estimate of drug-likeness (QED) is 0.742. The van der Waals surface area contributed by atoms with Crippen LogP contribution in [0.5, 0.6) is 0 Å². The minimum atomic E-state index is -0.635. The van der Waals surface area contributed by atoms with Gasteiger partial charge in [-0.2, -0.15) is 0 Å². The largest absolute Gasteiger partial charge is 0.450 e. The number of hydrazine groups is 1. The Bertz CT molecular complexity index is 778. The Labute approximate surface area is 143 Å². The van der Waals surface area contributed by atoms with Crippen molar-refractivity contribution in [2.45, 2.75) is 6.92 Å². The summed E-state index contributed by atoms with van der Waals surface area (Å²) in [5.74, 6) is -1.64. The molecule has 25 heavy (non-hydrogen) atoms. The summed E-state index contributed by atoms with van der Waals surface area (Å²) in [6, 6.07) is 11.0. The number of ether oxygens (including phenoxy) is 1. The van der Waals surface area contributed by atoms with Crippen LogP contribution in [0.3, 0.4) is 0 Å². The van der Waals surface area contributed by atoms with Crippen LogP contribution in [0.15, 0.2) is 48.5 Å². The zero-order valence-electron chi connectivity index (χ0n) is 13.3. The monoisotopic (exact) mass is 345 g/mol. The van der Waals surface area contributed by atoms with E-state index in [2.05, 4.69) is 16.2 Å². The lowest BCUT2D eigenvalue weighted by molar-refractivity contribution is 0.0846. The van der Waals surface area contributed by atoms with Crippen molar-refractivity contribution in [3.63, 3.8) is 0 Å². The van der Waals surface area contributed by atoms with Gasteiger partial charge >= 0.3 is 6.09 Å². The minimum absolute atomic E-state index is 0.194. The number of carbonyl (C=O) groups excluding carboxylic acids is 3. The van der Waals surface area contributed by atoms with E-state index in [0.29, 0.717) is 5.69 Å². The number of amides is 3. The lowest BCUT2D eigenvalue weighted by Gasteiger charge is -2.09. The number of anilines is 1. The van der Waals surface area contributed by atoms with Crippen LogP contribution in [0.25, 0.3) is 0 Å². The molecule has 0 atom stereocenters. The second-order valence-corrected chi connectivity index (χ2v) is 4.84. The average Bonchev–Trinajstić information content (AvgIpc) is 2.60. The minimum Gasteiger partial charge on any atom is -0.450 e. The molecule has 0 saturated heterocycles. The van der Waals surface area contributed by atoms with Crippen molar-refractivity contribution in [1.29, 1.82) is 0 Å². The van der Waals surface area contributed by atoms with Crippen LogP contribution in [-0.4, -0.2) is 24.5 Å². The van der Waals surface area contributed by atoms with Gasteiger partial charge in [-0.05, 0) is 49.4 Å². The van der Waals surface area contributed by atoms with Crippen LogP contribution in [0.4, 0.5) is 14.9 Å². The molecule has 0 aliphatic carbocycles. The summed E-state index contributed by atoms with van der Waals surface area (Å²) in [6.07, 6.45) is -0.635. The molecule has 7 nitrogen and oxygen atoms in total. The van der Waals surface area contributed by atoms with E-state index < -0.39 is 23.7 Å². The molecule has 0 bridgehead atoms. The third-order valence-corrected chi connectivity index (χ3v) is 3.04. The molecule has 0 heterocycles. The molecule has 0 fully saturated rings. The maximum absolute atomic E-state index is 12.8. The molecule has 0 aliphatic rings. The summed E-state index contributed by atoms with van der Waals surface area (Å²) >= 11 is 0. The van der Waals surface area contributed by atoms with Crippen LogP contribution < -0.4 is 16.2 Å². The molecule has 2 rings (SSSR count). The van der Waals surface area contributed by atoms with E-state index in [4.69, 9.17) is 4.74 Å². The molecule has 8 heteroatoms. The smallest absolute Gasteiger partial charge is 0.411 e. The SMILES string of the molecule is CCOC(=O)Nc1cccc(C(=O)NNC(=O)c2ccc(F)cc2)c1. The summed E-state index contributed by atoms with van der Waals surface area (Å²) in [6.45, 7) is 1.90. The van der Waals surface area contributed by atoms with Crippen molar-refractivity contribution in [1.82, 2.24) is 10.9 Å². The zero-order chi connectivity index (χ0) is 18.2. The number of hydrogen-bond donors (Lipinski definition) is 3.